The van der Waals surface area contributed by atoms with E-state index in [0.717, 1.165) is 33.7 Å². The van der Waals surface area contributed by atoms with Crippen LogP contribution < -0.4 is 5.32 Å². The minimum Gasteiger partial charge on any atom is -0.346 e. The number of halogens is 2. The number of amides is 1. The summed E-state index contributed by atoms with van der Waals surface area (Å²) in [6, 6.07) is 7.52. The van der Waals surface area contributed by atoms with E-state index in [9.17, 15) is 4.79 Å². The number of nitrogens with one attached hydrogen (secondary N) is 1. The summed E-state index contributed by atoms with van der Waals surface area (Å²) < 4.78 is 4.56. The summed E-state index contributed by atoms with van der Waals surface area (Å²) >= 11 is 9.68. The van der Waals surface area contributed by atoms with Crippen molar-refractivity contribution in [3.05, 3.63) is 68.2 Å². The zero-order valence-corrected chi connectivity index (χ0v) is 17.8. The first-order chi connectivity index (χ1) is 12.9. The average Bonchev–Trinajstić information content (AvgIpc) is 3.14. The Balaban J connectivity index is 1.69. The third kappa shape index (κ3) is 4.42. The van der Waals surface area contributed by atoms with Gasteiger partial charge in [0.1, 0.15) is 0 Å². The van der Waals surface area contributed by atoms with Crippen LogP contribution in [0.1, 0.15) is 39.9 Å². The third-order valence-electron chi connectivity index (χ3n) is 4.34. The first-order valence-electron chi connectivity index (χ1n) is 8.67. The molecule has 6 nitrogen and oxygen atoms in total. The van der Waals surface area contributed by atoms with Crippen molar-refractivity contribution in [1.29, 1.82) is 0 Å². The zero-order chi connectivity index (χ0) is 19.6. The summed E-state index contributed by atoms with van der Waals surface area (Å²) in [7, 11) is 0. The SMILES string of the molecule is CCn1cc(Br)c(CNC(=O)c2cccc(Cn3nc(C)c(Cl)c3C)c2)n1. The fourth-order valence-corrected chi connectivity index (χ4v) is 3.39. The van der Waals surface area contributed by atoms with Crippen molar-refractivity contribution in [2.45, 2.75) is 40.4 Å². The Morgan fingerprint density at radius 2 is 2.07 bits per heavy atom. The molecular formula is C19H21BrClN5O. The van der Waals surface area contributed by atoms with Crippen LogP contribution >= 0.6 is 27.5 Å². The molecule has 3 rings (SSSR count). The molecule has 1 amide bonds. The van der Waals surface area contributed by atoms with Crippen molar-refractivity contribution >= 4 is 33.4 Å². The number of hydrogen-bond donors (Lipinski definition) is 1. The molecule has 0 bridgehead atoms. The summed E-state index contributed by atoms with van der Waals surface area (Å²) in [5, 5.41) is 12.5. The number of aromatic nitrogens is 4. The molecule has 0 radical (unpaired) electrons. The Labute approximate surface area is 171 Å². The fraction of sp³-hybridized carbons (Fsp3) is 0.316. The minimum absolute atomic E-state index is 0.138. The maximum Gasteiger partial charge on any atom is 0.251 e. The van der Waals surface area contributed by atoms with Crippen molar-refractivity contribution in [3.63, 3.8) is 0 Å². The van der Waals surface area contributed by atoms with Crippen molar-refractivity contribution in [2.75, 3.05) is 0 Å². The van der Waals surface area contributed by atoms with Gasteiger partial charge in [-0.2, -0.15) is 10.2 Å². The normalized spacial score (nSPS) is 11.0. The molecule has 0 atom stereocenters. The molecule has 0 saturated carbocycles. The summed E-state index contributed by atoms with van der Waals surface area (Å²) in [6.07, 6.45) is 1.90. The molecule has 27 heavy (non-hydrogen) atoms. The number of carbonyl (C=O) groups is 1. The second-order valence-corrected chi connectivity index (χ2v) is 7.54. The summed E-state index contributed by atoms with van der Waals surface area (Å²) in [6.45, 7) is 7.55. The Kier molecular flexibility index (Phi) is 6.01. The van der Waals surface area contributed by atoms with Gasteiger partial charge in [0.05, 0.1) is 39.7 Å². The van der Waals surface area contributed by atoms with Crippen LogP contribution in [0, 0.1) is 13.8 Å². The van der Waals surface area contributed by atoms with E-state index >= 15 is 0 Å². The molecule has 0 saturated heterocycles. The zero-order valence-electron chi connectivity index (χ0n) is 15.5. The number of nitrogens with zero attached hydrogens (tertiary/aromatic N) is 4. The molecule has 0 aliphatic heterocycles. The van der Waals surface area contributed by atoms with Crippen LogP contribution in [0.2, 0.25) is 5.02 Å². The molecule has 0 spiro atoms. The first kappa shape index (κ1) is 19.6. The predicted octanol–water partition coefficient (Wildman–Crippen LogP) is 4.11. The molecule has 142 valence electrons. The molecule has 0 aliphatic carbocycles. The van der Waals surface area contributed by atoms with Gasteiger partial charge in [-0.25, -0.2) is 0 Å². The smallest absolute Gasteiger partial charge is 0.251 e. The first-order valence-corrected chi connectivity index (χ1v) is 9.84. The molecule has 0 unspecified atom stereocenters. The van der Waals surface area contributed by atoms with Crippen LogP contribution in [0.4, 0.5) is 0 Å². The molecule has 2 aromatic heterocycles. The molecule has 1 aromatic carbocycles. The lowest BCUT2D eigenvalue weighted by Gasteiger charge is -2.08. The van der Waals surface area contributed by atoms with E-state index in [1.54, 1.807) is 6.07 Å². The maximum absolute atomic E-state index is 12.5. The molecule has 0 aliphatic rings. The van der Waals surface area contributed by atoms with Crippen molar-refractivity contribution < 1.29 is 4.79 Å². The van der Waals surface area contributed by atoms with Crippen molar-refractivity contribution in [2.24, 2.45) is 0 Å². The summed E-state index contributed by atoms with van der Waals surface area (Å²) in [4.78, 5) is 12.5. The summed E-state index contributed by atoms with van der Waals surface area (Å²) in [5.41, 5.74) is 4.12. The standard InChI is InChI=1S/C19H21BrClN5O/c1-4-25-11-16(20)17(24-25)9-22-19(27)15-7-5-6-14(8-15)10-26-13(3)18(21)12(2)23-26/h5-8,11H,4,9-10H2,1-3H3,(H,22,27). The quantitative estimate of drug-likeness (QED) is 0.614. The second kappa shape index (κ2) is 8.27. The maximum atomic E-state index is 12.5. The lowest BCUT2D eigenvalue weighted by Crippen LogP contribution is -2.23. The van der Waals surface area contributed by atoms with Crippen LogP contribution in [0.5, 0.6) is 0 Å². The van der Waals surface area contributed by atoms with Gasteiger partial charge in [0.2, 0.25) is 0 Å². The number of aryl methyl sites for hydroxylation is 2. The van der Waals surface area contributed by atoms with Gasteiger partial charge in [-0.3, -0.25) is 14.2 Å². The molecule has 1 N–H and O–H groups in total. The molecule has 8 heteroatoms. The largest absolute Gasteiger partial charge is 0.346 e. The van der Waals surface area contributed by atoms with Gasteiger partial charge < -0.3 is 5.32 Å². The lowest BCUT2D eigenvalue weighted by atomic mass is 10.1. The van der Waals surface area contributed by atoms with Gasteiger partial charge in [0, 0.05) is 18.3 Å². The highest BCUT2D eigenvalue weighted by atomic mass is 79.9. The van der Waals surface area contributed by atoms with E-state index in [2.05, 4.69) is 31.4 Å². The predicted molar refractivity (Wildman–Crippen MR) is 109 cm³/mol. The van der Waals surface area contributed by atoms with E-state index in [0.29, 0.717) is 23.7 Å². The Morgan fingerprint density at radius 3 is 2.70 bits per heavy atom. The Morgan fingerprint density at radius 1 is 1.30 bits per heavy atom. The van der Waals surface area contributed by atoms with E-state index < -0.39 is 0 Å². The molecule has 0 fully saturated rings. The molecule has 2 heterocycles. The highest BCUT2D eigenvalue weighted by molar-refractivity contribution is 9.10. The van der Waals surface area contributed by atoms with Gasteiger partial charge in [-0.15, -0.1) is 0 Å². The Bertz CT molecular complexity index is 979. The van der Waals surface area contributed by atoms with Gasteiger partial charge in [0.15, 0.2) is 0 Å². The lowest BCUT2D eigenvalue weighted by molar-refractivity contribution is 0.0950. The van der Waals surface area contributed by atoms with Gasteiger partial charge in [0.25, 0.3) is 5.91 Å². The van der Waals surface area contributed by atoms with E-state index in [-0.39, 0.29) is 5.91 Å². The van der Waals surface area contributed by atoms with Crippen LogP contribution in [0.25, 0.3) is 0 Å². The Hall–Kier alpha value is -2.12. The van der Waals surface area contributed by atoms with Crippen molar-refractivity contribution in [1.82, 2.24) is 24.9 Å². The second-order valence-electron chi connectivity index (χ2n) is 6.30. The highest BCUT2D eigenvalue weighted by Gasteiger charge is 2.12. The highest BCUT2D eigenvalue weighted by Crippen LogP contribution is 2.20. The minimum atomic E-state index is -0.138. The number of rotatable bonds is 6. The third-order valence-corrected chi connectivity index (χ3v) is 5.55. The van der Waals surface area contributed by atoms with Crippen LogP contribution in [0.15, 0.2) is 34.9 Å². The van der Waals surface area contributed by atoms with E-state index in [1.165, 1.54) is 0 Å². The van der Waals surface area contributed by atoms with Crippen LogP contribution in [-0.4, -0.2) is 25.5 Å². The molecule has 3 aromatic rings. The number of carbonyl (C=O) groups excluding carboxylic acids is 1. The molecular weight excluding hydrogens is 430 g/mol. The van der Waals surface area contributed by atoms with Gasteiger partial charge in [-0.1, -0.05) is 23.7 Å². The topological polar surface area (TPSA) is 64.7 Å². The van der Waals surface area contributed by atoms with Crippen LogP contribution in [0.3, 0.4) is 0 Å². The van der Waals surface area contributed by atoms with Crippen LogP contribution in [-0.2, 0) is 19.6 Å². The average molecular weight is 451 g/mol. The van der Waals surface area contributed by atoms with E-state index in [4.69, 9.17) is 11.6 Å². The van der Waals surface area contributed by atoms with Gasteiger partial charge in [-0.05, 0) is 54.4 Å². The van der Waals surface area contributed by atoms with E-state index in [1.807, 2.05) is 54.5 Å². The summed E-state index contributed by atoms with van der Waals surface area (Å²) in [5.74, 6) is -0.138. The fourth-order valence-electron chi connectivity index (χ4n) is 2.80. The van der Waals surface area contributed by atoms with Gasteiger partial charge >= 0.3 is 0 Å². The number of hydrogen-bond acceptors (Lipinski definition) is 3. The monoisotopic (exact) mass is 449 g/mol. The van der Waals surface area contributed by atoms with Crippen molar-refractivity contribution in [3.8, 4) is 0 Å². The number of benzene rings is 1.